The Kier molecular flexibility index (Phi) is 5.86. The zero-order chi connectivity index (χ0) is 23.6. The summed E-state index contributed by atoms with van der Waals surface area (Å²) in [6.07, 6.45) is 0. The number of nitrogen functional groups attached to an aromatic ring is 1. The van der Waals surface area contributed by atoms with Gasteiger partial charge in [-0.1, -0.05) is 36.4 Å². The van der Waals surface area contributed by atoms with Crippen LogP contribution in [0.25, 0.3) is 10.8 Å². The molecule has 0 amide bonds. The smallest absolute Gasteiger partial charge is 0.296 e. The zero-order valence-electron chi connectivity index (χ0n) is 17.4. The van der Waals surface area contributed by atoms with E-state index >= 15 is 0 Å². The van der Waals surface area contributed by atoms with E-state index in [4.69, 9.17) is 5.73 Å². The lowest BCUT2D eigenvalue weighted by Gasteiger charge is -2.09. The molecule has 4 aromatic rings. The molecule has 0 spiro atoms. The normalized spacial score (nSPS) is 12.2. The van der Waals surface area contributed by atoms with Crippen molar-refractivity contribution in [2.45, 2.75) is 11.8 Å². The first-order valence-corrected chi connectivity index (χ1v) is 11.2. The van der Waals surface area contributed by atoms with Gasteiger partial charge < -0.3 is 10.8 Å². The lowest BCUT2D eigenvalue weighted by Crippen LogP contribution is -1.98. The molecule has 0 aliphatic carbocycles. The van der Waals surface area contributed by atoms with Gasteiger partial charge in [-0.05, 0) is 54.3 Å². The Labute approximate surface area is 189 Å². The number of rotatable bonds is 5. The molecule has 0 atom stereocenters. The number of nitrogens with two attached hydrogens (primary N) is 1. The number of benzene rings is 4. The molecule has 4 aromatic carbocycles. The molecule has 33 heavy (non-hydrogen) atoms. The highest BCUT2D eigenvalue weighted by Crippen LogP contribution is 2.42. The number of nitrogens with zero attached hydrogens (tertiary/aromatic N) is 4. The van der Waals surface area contributed by atoms with Gasteiger partial charge in [-0.15, -0.1) is 15.3 Å². The summed E-state index contributed by atoms with van der Waals surface area (Å²) in [5, 5.41) is 28.1. The fraction of sp³-hybridized carbons (Fsp3) is 0.0435. The number of hydrogen-bond donors (Lipinski definition) is 3. The van der Waals surface area contributed by atoms with Crippen LogP contribution < -0.4 is 5.73 Å². The summed E-state index contributed by atoms with van der Waals surface area (Å²) in [5.74, 6) is -0.244. The van der Waals surface area contributed by atoms with Crippen LogP contribution >= 0.6 is 0 Å². The first-order chi connectivity index (χ1) is 15.7. The van der Waals surface area contributed by atoms with Crippen molar-refractivity contribution in [2.24, 2.45) is 20.5 Å². The van der Waals surface area contributed by atoms with Crippen LogP contribution in [0.3, 0.4) is 0 Å². The molecule has 0 aliphatic heterocycles. The van der Waals surface area contributed by atoms with Crippen LogP contribution in [0.15, 0.2) is 98.1 Å². The third-order valence-electron chi connectivity index (χ3n) is 4.84. The minimum atomic E-state index is -4.50. The van der Waals surface area contributed by atoms with Crippen molar-refractivity contribution < 1.29 is 18.1 Å². The number of aryl methyl sites for hydroxylation is 1. The van der Waals surface area contributed by atoms with Crippen LogP contribution in [0.4, 0.5) is 28.4 Å². The molecule has 4 N–H and O–H groups in total. The average molecular weight is 462 g/mol. The third-order valence-corrected chi connectivity index (χ3v) is 5.74. The Hall–Kier alpha value is -4.15. The van der Waals surface area contributed by atoms with Gasteiger partial charge in [-0.2, -0.15) is 13.5 Å². The Morgan fingerprint density at radius 3 is 2.12 bits per heavy atom. The van der Waals surface area contributed by atoms with Gasteiger partial charge in [0.1, 0.15) is 22.0 Å². The van der Waals surface area contributed by atoms with Crippen LogP contribution in [0.2, 0.25) is 0 Å². The van der Waals surface area contributed by atoms with Crippen LogP contribution in [0.1, 0.15) is 5.56 Å². The van der Waals surface area contributed by atoms with E-state index in [2.05, 4.69) is 20.5 Å². The van der Waals surface area contributed by atoms with Gasteiger partial charge in [0, 0.05) is 0 Å². The van der Waals surface area contributed by atoms with E-state index in [9.17, 15) is 18.1 Å². The highest BCUT2D eigenvalue weighted by Gasteiger charge is 2.16. The molecule has 0 fully saturated rings. The maximum absolute atomic E-state index is 11.6. The van der Waals surface area contributed by atoms with E-state index in [1.165, 1.54) is 24.3 Å². The zero-order valence-corrected chi connectivity index (χ0v) is 18.2. The summed E-state index contributed by atoms with van der Waals surface area (Å²) < 4.78 is 32.7. The number of hydrogen-bond acceptors (Lipinski definition) is 8. The number of anilines is 1. The molecule has 166 valence electrons. The molecule has 0 unspecified atom stereocenters. The monoisotopic (exact) mass is 461 g/mol. The molecule has 0 heterocycles. The fourth-order valence-electron chi connectivity index (χ4n) is 3.21. The molecule has 0 bridgehead atoms. The molecule has 0 aromatic heterocycles. The number of phenolic OH excluding ortho intramolecular Hbond substituents is 1. The first kappa shape index (κ1) is 22.1. The Morgan fingerprint density at radius 2 is 1.42 bits per heavy atom. The number of fused-ring (bicyclic) bond motifs is 1. The Bertz CT molecular complexity index is 1520. The SMILES string of the molecule is Cc1ccc(S(=O)(=O)O)c(N=Nc2ccc3ccc(N=Nc4ccccc4)c(N)c3c2O)c1. The number of azo groups is 2. The second-order valence-corrected chi connectivity index (χ2v) is 8.60. The van der Waals surface area contributed by atoms with Crippen LogP contribution in [-0.2, 0) is 10.1 Å². The third kappa shape index (κ3) is 4.71. The van der Waals surface area contributed by atoms with Gasteiger partial charge in [0.25, 0.3) is 10.1 Å². The summed E-state index contributed by atoms with van der Waals surface area (Å²) in [4.78, 5) is -0.389. The maximum Gasteiger partial charge on any atom is 0.296 e. The molecule has 0 saturated heterocycles. The van der Waals surface area contributed by atoms with E-state index in [0.29, 0.717) is 22.1 Å². The summed E-state index contributed by atoms with van der Waals surface area (Å²) in [6, 6.07) is 20.0. The molecular weight excluding hydrogens is 442 g/mol. The van der Waals surface area contributed by atoms with E-state index in [-0.39, 0.29) is 27.7 Å². The Morgan fingerprint density at radius 1 is 0.788 bits per heavy atom. The van der Waals surface area contributed by atoms with Gasteiger partial charge in [0.2, 0.25) is 0 Å². The van der Waals surface area contributed by atoms with Gasteiger partial charge >= 0.3 is 0 Å². The summed E-state index contributed by atoms with van der Waals surface area (Å²) in [7, 11) is -4.50. The van der Waals surface area contributed by atoms with Gasteiger partial charge in [-0.25, -0.2) is 0 Å². The van der Waals surface area contributed by atoms with Gasteiger partial charge in [-0.3, -0.25) is 4.55 Å². The van der Waals surface area contributed by atoms with Crippen LogP contribution in [-0.4, -0.2) is 18.1 Å². The number of phenols is 1. The quantitative estimate of drug-likeness (QED) is 0.176. The minimum absolute atomic E-state index is 0.0598. The first-order valence-electron chi connectivity index (χ1n) is 9.75. The van der Waals surface area contributed by atoms with E-state index in [1.54, 1.807) is 37.3 Å². The fourth-order valence-corrected chi connectivity index (χ4v) is 3.81. The molecule has 10 heteroatoms. The van der Waals surface area contributed by atoms with Crippen molar-refractivity contribution in [3.63, 3.8) is 0 Å². The molecule has 9 nitrogen and oxygen atoms in total. The molecule has 4 rings (SSSR count). The highest BCUT2D eigenvalue weighted by atomic mass is 32.2. The molecule has 0 aliphatic rings. The van der Waals surface area contributed by atoms with Crippen LogP contribution in [0.5, 0.6) is 5.75 Å². The standard InChI is InChI=1S/C23H19N5O4S/c1-14-7-12-20(33(30,31)32)19(13-14)28-27-18-11-9-15-8-10-17(22(24)21(15)23(18)29)26-25-16-5-3-2-4-6-16/h2-13,29H,24H2,1H3,(H,30,31,32). The van der Waals surface area contributed by atoms with Crippen molar-refractivity contribution >= 4 is 49.3 Å². The van der Waals surface area contributed by atoms with Crippen LogP contribution in [0, 0.1) is 6.92 Å². The second-order valence-electron chi connectivity index (χ2n) is 7.21. The second kappa shape index (κ2) is 8.77. The van der Waals surface area contributed by atoms with Crippen molar-refractivity contribution in [1.82, 2.24) is 0 Å². The average Bonchev–Trinajstić information content (AvgIpc) is 2.78. The predicted octanol–water partition coefficient (Wildman–Crippen LogP) is 6.51. The van der Waals surface area contributed by atoms with Gasteiger partial charge in [0.05, 0.1) is 16.8 Å². The summed E-state index contributed by atoms with van der Waals surface area (Å²) in [5.41, 5.74) is 8.20. The van der Waals surface area contributed by atoms with Crippen molar-refractivity contribution in [3.8, 4) is 5.75 Å². The lowest BCUT2D eigenvalue weighted by molar-refractivity contribution is 0.482. The summed E-state index contributed by atoms with van der Waals surface area (Å²) >= 11 is 0. The van der Waals surface area contributed by atoms with E-state index in [0.717, 1.165) is 5.56 Å². The maximum atomic E-state index is 11.6. The number of aromatic hydroxyl groups is 1. The van der Waals surface area contributed by atoms with E-state index in [1.807, 2.05) is 18.2 Å². The Balaban J connectivity index is 1.76. The van der Waals surface area contributed by atoms with Gasteiger partial charge in [0.15, 0.2) is 5.75 Å². The van der Waals surface area contributed by atoms with Crippen molar-refractivity contribution in [2.75, 3.05) is 5.73 Å². The lowest BCUT2D eigenvalue weighted by atomic mass is 10.1. The predicted molar refractivity (Wildman–Crippen MR) is 126 cm³/mol. The van der Waals surface area contributed by atoms with E-state index < -0.39 is 10.1 Å². The molecular formula is C23H19N5O4S. The summed E-state index contributed by atoms with van der Waals surface area (Å²) in [6.45, 7) is 1.74. The molecule has 0 saturated carbocycles. The minimum Gasteiger partial charge on any atom is -0.505 e. The van der Waals surface area contributed by atoms with Crippen molar-refractivity contribution in [3.05, 3.63) is 78.4 Å². The van der Waals surface area contributed by atoms with Crippen molar-refractivity contribution in [1.29, 1.82) is 0 Å². The topological polar surface area (TPSA) is 150 Å². The highest BCUT2D eigenvalue weighted by molar-refractivity contribution is 7.86. The largest absolute Gasteiger partial charge is 0.505 e. The molecule has 0 radical (unpaired) electrons.